The summed E-state index contributed by atoms with van der Waals surface area (Å²) in [6, 6.07) is 7.26. The Morgan fingerprint density at radius 3 is 2.89 bits per heavy atom. The molecule has 1 atom stereocenters. The predicted octanol–water partition coefficient (Wildman–Crippen LogP) is 3.50. The Hall–Kier alpha value is -0.680. The van der Waals surface area contributed by atoms with E-state index in [1.807, 2.05) is 22.7 Å². The molecule has 0 amide bonds. The third kappa shape index (κ3) is 3.08. The number of hydrogen-bond donors (Lipinski definition) is 1. The second kappa shape index (κ2) is 6.18. The Kier molecular flexibility index (Phi) is 4.33. The van der Waals surface area contributed by atoms with Crippen molar-refractivity contribution in [1.82, 2.24) is 10.2 Å². The zero-order valence-electron chi connectivity index (χ0n) is 11.3. The summed E-state index contributed by atoms with van der Waals surface area (Å²) in [6.07, 6.45) is 1.24. The molecule has 0 bridgehead atoms. The van der Waals surface area contributed by atoms with Gasteiger partial charge in [0.05, 0.1) is 6.04 Å². The van der Waals surface area contributed by atoms with Crippen molar-refractivity contribution in [2.24, 2.45) is 0 Å². The Morgan fingerprint density at radius 1 is 1.21 bits per heavy atom. The highest BCUT2D eigenvalue weighted by molar-refractivity contribution is 7.11. The highest BCUT2D eigenvalue weighted by atomic mass is 32.1. The maximum atomic E-state index is 3.50. The number of nitrogens with one attached hydrogen (secondary N) is 1. The average molecular weight is 292 g/mol. The van der Waals surface area contributed by atoms with Crippen LogP contribution in [0.5, 0.6) is 0 Å². The largest absolute Gasteiger partial charge is 0.315 e. The van der Waals surface area contributed by atoms with Crippen LogP contribution in [0.4, 0.5) is 0 Å². The van der Waals surface area contributed by atoms with Gasteiger partial charge >= 0.3 is 0 Å². The average Bonchev–Trinajstić information content (AvgIpc) is 2.98. The lowest BCUT2D eigenvalue weighted by molar-refractivity contribution is 0.247. The van der Waals surface area contributed by atoms with Gasteiger partial charge in [0.1, 0.15) is 0 Å². The van der Waals surface area contributed by atoms with Crippen LogP contribution in [0.25, 0.3) is 0 Å². The van der Waals surface area contributed by atoms with E-state index >= 15 is 0 Å². The van der Waals surface area contributed by atoms with Crippen LogP contribution in [0, 0.1) is 6.92 Å². The molecule has 2 aromatic heterocycles. The molecule has 1 aliphatic heterocycles. The summed E-state index contributed by atoms with van der Waals surface area (Å²) in [6.45, 7) is 6.77. The minimum absolute atomic E-state index is 0.457. The lowest BCUT2D eigenvalue weighted by Gasteiger charge is -2.29. The first-order valence-corrected chi connectivity index (χ1v) is 8.64. The summed E-state index contributed by atoms with van der Waals surface area (Å²) in [5.74, 6) is 0. The summed E-state index contributed by atoms with van der Waals surface area (Å²) in [5.41, 5.74) is 1.38. The fourth-order valence-corrected chi connectivity index (χ4v) is 4.67. The third-order valence-electron chi connectivity index (χ3n) is 3.57. The van der Waals surface area contributed by atoms with E-state index in [0.29, 0.717) is 6.04 Å². The van der Waals surface area contributed by atoms with Gasteiger partial charge in [0.15, 0.2) is 0 Å². The van der Waals surface area contributed by atoms with Gasteiger partial charge < -0.3 is 5.32 Å². The minimum Gasteiger partial charge on any atom is -0.315 e. The van der Waals surface area contributed by atoms with Gasteiger partial charge in [-0.2, -0.15) is 0 Å². The molecule has 2 aromatic rings. The Labute approximate surface area is 123 Å². The van der Waals surface area contributed by atoms with E-state index in [0.717, 1.165) is 19.6 Å². The molecule has 4 heteroatoms. The molecule has 0 aliphatic carbocycles. The maximum absolute atomic E-state index is 3.50. The van der Waals surface area contributed by atoms with Gasteiger partial charge in [-0.1, -0.05) is 6.07 Å². The molecule has 102 valence electrons. The van der Waals surface area contributed by atoms with Crippen LogP contribution in [0.2, 0.25) is 0 Å². The van der Waals surface area contributed by atoms with Crippen molar-refractivity contribution in [1.29, 1.82) is 0 Å². The van der Waals surface area contributed by atoms with E-state index in [1.54, 1.807) is 0 Å². The normalized spacial score (nSPS) is 19.2. The number of hydrogen-bond acceptors (Lipinski definition) is 4. The molecule has 1 fully saturated rings. The van der Waals surface area contributed by atoms with Crippen molar-refractivity contribution in [2.75, 3.05) is 26.2 Å². The molecule has 0 radical (unpaired) electrons. The zero-order valence-corrected chi connectivity index (χ0v) is 12.9. The Morgan fingerprint density at radius 2 is 2.16 bits per heavy atom. The zero-order chi connectivity index (χ0) is 13.1. The van der Waals surface area contributed by atoms with Gasteiger partial charge in [0.25, 0.3) is 0 Å². The number of rotatable bonds is 3. The maximum Gasteiger partial charge on any atom is 0.0790 e. The van der Waals surface area contributed by atoms with Gasteiger partial charge in [-0.25, -0.2) is 0 Å². The standard InChI is InChI=1S/C15H20N2S2/c1-12-10-14(19-11-12)15(13-4-2-9-18-13)17-7-3-5-16-6-8-17/h2,4,9-11,15-16H,3,5-8H2,1H3. The van der Waals surface area contributed by atoms with Crippen molar-refractivity contribution >= 4 is 22.7 Å². The van der Waals surface area contributed by atoms with E-state index in [4.69, 9.17) is 0 Å². The highest BCUT2D eigenvalue weighted by Crippen LogP contribution is 2.35. The number of thiophene rings is 2. The van der Waals surface area contributed by atoms with Crippen LogP contribution in [-0.2, 0) is 0 Å². The fourth-order valence-electron chi connectivity index (χ4n) is 2.67. The SMILES string of the molecule is Cc1csc(C(c2cccs2)N2CCCNCC2)c1. The second-order valence-corrected chi connectivity index (χ2v) is 7.01. The summed E-state index contributed by atoms with van der Waals surface area (Å²) in [4.78, 5) is 5.60. The van der Waals surface area contributed by atoms with E-state index in [-0.39, 0.29) is 0 Å². The lowest BCUT2D eigenvalue weighted by atomic mass is 10.1. The molecule has 0 aromatic carbocycles. The van der Waals surface area contributed by atoms with Crippen molar-refractivity contribution in [3.8, 4) is 0 Å². The van der Waals surface area contributed by atoms with Crippen LogP contribution in [0.1, 0.15) is 27.8 Å². The molecule has 1 unspecified atom stereocenters. The van der Waals surface area contributed by atoms with Crippen LogP contribution in [0.3, 0.4) is 0 Å². The topological polar surface area (TPSA) is 15.3 Å². The smallest absolute Gasteiger partial charge is 0.0790 e. The first kappa shape index (κ1) is 13.3. The first-order chi connectivity index (χ1) is 9.34. The Balaban J connectivity index is 1.91. The number of nitrogens with zero attached hydrogens (tertiary/aromatic N) is 1. The minimum atomic E-state index is 0.457. The van der Waals surface area contributed by atoms with Crippen molar-refractivity contribution in [3.05, 3.63) is 44.3 Å². The quantitative estimate of drug-likeness (QED) is 0.931. The lowest BCUT2D eigenvalue weighted by Crippen LogP contribution is -2.32. The summed E-state index contributed by atoms with van der Waals surface area (Å²) in [5, 5.41) is 7.96. The van der Waals surface area contributed by atoms with Gasteiger partial charge in [0.2, 0.25) is 0 Å². The summed E-state index contributed by atoms with van der Waals surface area (Å²) in [7, 11) is 0. The third-order valence-corrected chi connectivity index (χ3v) is 5.60. The van der Waals surface area contributed by atoms with Crippen LogP contribution in [0.15, 0.2) is 29.0 Å². The van der Waals surface area contributed by atoms with Crippen molar-refractivity contribution in [2.45, 2.75) is 19.4 Å². The van der Waals surface area contributed by atoms with Gasteiger partial charge in [-0.15, -0.1) is 22.7 Å². The molecular weight excluding hydrogens is 272 g/mol. The molecule has 3 heterocycles. The molecular formula is C15H20N2S2. The van der Waals surface area contributed by atoms with Gasteiger partial charge in [-0.3, -0.25) is 4.90 Å². The molecule has 1 aliphatic rings. The van der Waals surface area contributed by atoms with E-state index < -0.39 is 0 Å². The molecule has 3 rings (SSSR count). The van der Waals surface area contributed by atoms with E-state index in [1.165, 1.54) is 28.3 Å². The first-order valence-electron chi connectivity index (χ1n) is 6.88. The molecule has 0 saturated carbocycles. The summed E-state index contributed by atoms with van der Waals surface area (Å²) < 4.78 is 0. The predicted molar refractivity (Wildman–Crippen MR) is 84.3 cm³/mol. The van der Waals surface area contributed by atoms with Gasteiger partial charge in [-0.05, 0) is 48.3 Å². The van der Waals surface area contributed by atoms with E-state index in [9.17, 15) is 0 Å². The van der Waals surface area contributed by atoms with Crippen molar-refractivity contribution in [3.63, 3.8) is 0 Å². The van der Waals surface area contributed by atoms with Crippen LogP contribution >= 0.6 is 22.7 Å². The highest BCUT2D eigenvalue weighted by Gasteiger charge is 2.25. The monoisotopic (exact) mass is 292 g/mol. The molecule has 1 saturated heterocycles. The van der Waals surface area contributed by atoms with Gasteiger partial charge in [0, 0.05) is 29.4 Å². The number of aryl methyl sites for hydroxylation is 1. The second-order valence-electron chi connectivity index (χ2n) is 5.08. The van der Waals surface area contributed by atoms with Crippen molar-refractivity contribution < 1.29 is 0 Å². The molecule has 19 heavy (non-hydrogen) atoms. The van der Waals surface area contributed by atoms with Crippen LogP contribution in [-0.4, -0.2) is 31.1 Å². The molecule has 1 N–H and O–H groups in total. The summed E-state index contributed by atoms with van der Waals surface area (Å²) >= 11 is 3.78. The Bertz CT molecular complexity index is 496. The molecule has 0 spiro atoms. The van der Waals surface area contributed by atoms with E-state index in [2.05, 4.69) is 46.1 Å². The van der Waals surface area contributed by atoms with Crippen LogP contribution < -0.4 is 5.32 Å². The fraction of sp³-hybridized carbons (Fsp3) is 0.467. The molecule has 2 nitrogen and oxygen atoms in total.